The van der Waals surface area contributed by atoms with Crippen molar-refractivity contribution in [3.63, 3.8) is 0 Å². The third-order valence-electron chi connectivity index (χ3n) is 3.66. The summed E-state index contributed by atoms with van der Waals surface area (Å²) in [5.41, 5.74) is 3.17. The Hall–Kier alpha value is -0.160. The van der Waals surface area contributed by atoms with Crippen molar-refractivity contribution in [1.29, 1.82) is 0 Å². The quantitative estimate of drug-likeness (QED) is 0.875. The number of aromatic nitrogens is 1. The standard InChI is InChI=1S/C11H17N3S.ClH/c1-2-14(6-11-7-15-8-13-11)5-10-4-12-3-9(1)10;/h7-10,12H,1-6H2;1H. The van der Waals surface area contributed by atoms with Gasteiger partial charge < -0.3 is 5.32 Å². The number of nitrogens with one attached hydrogen (secondary N) is 1. The minimum absolute atomic E-state index is 0. The van der Waals surface area contributed by atoms with Gasteiger partial charge in [-0.1, -0.05) is 0 Å². The highest BCUT2D eigenvalue weighted by Gasteiger charge is 2.32. The molecule has 2 aliphatic heterocycles. The molecule has 5 heteroatoms. The second-order valence-electron chi connectivity index (χ2n) is 4.68. The summed E-state index contributed by atoms with van der Waals surface area (Å²) >= 11 is 1.70. The van der Waals surface area contributed by atoms with Gasteiger partial charge in [0.2, 0.25) is 0 Å². The van der Waals surface area contributed by atoms with Gasteiger partial charge in [-0.15, -0.1) is 23.7 Å². The highest BCUT2D eigenvalue weighted by molar-refractivity contribution is 7.07. The molecular formula is C11H18ClN3S. The Morgan fingerprint density at radius 3 is 3.12 bits per heavy atom. The van der Waals surface area contributed by atoms with E-state index in [4.69, 9.17) is 0 Å². The number of likely N-dealkylation sites (tertiary alicyclic amines) is 1. The molecule has 0 bridgehead atoms. The van der Waals surface area contributed by atoms with Gasteiger partial charge in [0.25, 0.3) is 0 Å². The summed E-state index contributed by atoms with van der Waals surface area (Å²) < 4.78 is 0. The van der Waals surface area contributed by atoms with Crippen LogP contribution in [0.3, 0.4) is 0 Å². The molecule has 90 valence electrons. The number of hydrogen-bond donors (Lipinski definition) is 1. The molecule has 2 saturated heterocycles. The zero-order chi connectivity index (χ0) is 10.1. The molecule has 0 radical (unpaired) electrons. The third kappa shape index (κ3) is 2.56. The molecule has 1 aromatic heterocycles. The molecule has 0 saturated carbocycles. The van der Waals surface area contributed by atoms with E-state index in [-0.39, 0.29) is 12.4 Å². The second kappa shape index (κ2) is 5.45. The molecule has 2 fully saturated rings. The molecule has 1 aromatic rings. The average Bonchev–Trinajstić information content (AvgIpc) is 2.87. The van der Waals surface area contributed by atoms with Crippen LogP contribution in [0.4, 0.5) is 0 Å². The number of piperidine rings is 1. The normalized spacial score (nSPS) is 29.8. The highest BCUT2D eigenvalue weighted by atomic mass is 35.5. The zero-order valence-corrected chi connectivity index (χ0v) is 10.9. The molecular weight excluding hydrogens is 242 g/mol. The molecule has 1 N–H and O–H groups in total. The fourth-order valence-electron chi connectivity index (χ4n) is 2.80. The Morgan fingerprint density at radius 1 is 1.44 bits per heavy atom. The average molecular weight is 260 g/mol. The van der Waals surface area contributed by atoms with E-state index < -0.39 is 0 Å². The van der Waals surface area contributed by atoms with E-state index in [9.17, 15) is 0 Å². The van der Waals surface area contributed by atoms with Gasteiger partial charge in [-0.2, -0.15) is 0 Å². The molecule has 0 aromatic carbocycles. The summed E-state index contributed by atoms with van der Waals surface area (Å²) in [4.78, 5) is 6.92. The maximum Gasteiger partial charge on any atom is 0.0795 e. The van der Waals surface area contributed by atoms with Crippen LogP contribution in [0.5, 0.6) is 0 Å². The van der Waals surface area contributed by atoms with Crippen LogP contribution in [0, 0.1) is 11.8 Å². The molecule has 3 nitrogen and oxygen atoms in total. The molecule has 0 spiro atoms. The van der Waals surface area contributed by atoms with Crippen LogP contribution in [0.15, 0.2) is 10.9 Å². The van der Waals surface area contributed by atoms with Gasteiger partial charge in [0, 0.05) is 18.5 Å². The topological polar surface area (TPSA) is 28.2 Å². The number of halogens is 1. The number of nitrogens with zero attached hydrogens (tertiary/aromatic N) is 2. The van der Waals surface area contributed by atoms with Crippen LogP contribution >= 0.6 is 23.7 Å². The minimum Gasteiger partial charge on any atom is -0.316 e. The van der Waals surface area contributed by atoms with Gasteiger partial charge in [0.05, 0.1) is 11.2 Å². The number of hydrogen-bond acceptors (Lipinski definition) is 4. The van der Waals surface area contributed by atoms with Crippen LogP contribution in [0.1, 0.15) is 12.1 Å². The summed E-state index contributed by atoms with van der Waals surface area (Å²) in [5, 5.41) is 5.67. The largest absolute Gasteiger partial charge is 0.316 e. The number of thiazole rings is 1. The van der Waals surface area contributed by atoms with Crippen molar-refractivity contribution in [1.82, 2.24) is 15.2 Å². The van der Waals surface area contributed by atoms with Crippen molar-refractivity contribution in [3.05, 3.63) is 16.6 Å². The van der Waals surface area contributed by atoms with E-state index in [2.05, 4.69) is 20.6 Å². The van der Waals surface area contributed by atoms with E-state index in [1.807, 2.05) is 5.51 Å². The fraction of sp³-hybridized carbons (Fsp3) is 0.727. The minimum atomic E-state index is 0. The van der Waals surface area contributed by atoms with Gasteiger partial charge in [-0.3, -0.25) is 4.90 Å². The van der Waals surface area contributed by atoms with Crippen molar-refractivity contribution in [2.75, 3.05) is 26.2 Å². The van der Waals surface area contributed by atoms with Crippen LogP contribution in [0.2, 0.25) is 0 Å². The predicted octanol–water partition coefficient (Wildman–Crippen LogP) is 1.61. The lowest BCUT2D eigenvalue weighted by molar-refractivity contribution is 0.141. The van der Waals surface area contributed by atoms with E-state index in [1.54, 1.807) is 11.3 Å². The molecule has 2 aliphatic rings. The third-order valence-corrected chi connectivity index (χ3v) is 4.29. The van der Waals surface area contributed by atoms with Crippen LogP contribution in [-0.2, 0) is 6.54 Å². The first-order valence-electron chi connectivity index (χ1n) is 5.72. The SMILES string of the molecule is Cl.c1nc(CN2CCC3CNCC3C2)cs1. The Kier molecular flexibility index (Phi) is 4.19. The molecule has 16 heavy (non-hydrogen) atoms. The number of fused-ring (bicyclic) bond motifs is 1. The van der Waals surface area contributed by atoms with E-state index in [1.165, 1.54) is 38.3 Å². The van der Waals surface area contributed by atoms with Crippen LogP contribution in [0.25, 0.3) is 0 Å². The van der Waals surface area contributed by atoms with Gasteiger partial charge in [0.1, 0.15) is 0 Å². The molecule has 2 atom stereocenters. The van der Waals surface area contributed by atoms with Gasteiger partial charge in [0.15, 0.2) is 0 Å². The maximum absolute atomic E-state index is 4.36. The lowest BCUT2D eigenvalue weighted by Crippen LogP contribution is -2.39. The van der Waals surface area contributed by atoms with Crippen molar-refractivity contribution < 1.29 is 0 Å². The highest BCUT2D eigenvalue weighted by Crippen LogP contribution is 2.27. The second-order valence-corrected chi connectivity index (χ2v) is 5.40. The van der Waals surface area contributed by atoms with Gasteiger partial charge in [-0.05, 0) is 37.9 Å². The first-order valence-corrected chi connectivity index (χ1v) is 6.66. The smallest absolute Gasteiger partial charge is 0.0795 e. The Labute approximate surface area is 107 Å². The van der Waals surface area contributed by atoms with E-state index in [0.29, 0.717) is 0 Å². The Balaban J connectivity index is 0.000000963. The summed E-state index contributed by atoms with van der Waals surface area (Å²) in [7, 11) is 0. The van der Waals surface area contributed by atoms with Crippen LogP contribution in [-0.4, -0.2) is 36.1 Å². The lowest BCUT2D eigenvalue weighted by Gasteiger charge is -2.33. The monoisotopic (exact) mass is 259 g/mol. The van der Waals surface area contributed by atoms with Crippen molar-refractivity contribution in [2.45, 2.75) is 13.0 Å². The van der Waals surface area contributed by atoms with Crippen molar-refractivity contribution in [3.8, 4) is 0 Å². The number of rotatable bonds is 2. The molecule has 3 rings (SSSR count). The lowest BCUT2D eigenvalue weighted by atomic mass is 9.89. The molecule has 0 aliphatic carbocycles. The summed E-state index contributed by atoms with van der Waals surface area (Å²) in [6, 6.07) is 0. The predicted molar refractivity (Wildman–Crippen MR) is 69.1 cm³/mol. The summed E-state index contributed by atoms with van der Waals surface area (Å²) in [5.74, 6) is 1.83. The first kappa shape index (κ1) is 12.3. The molecule has 2 unspecified atom stereocenters. The molecule has 3 heterocycles. The van der Waals surface area contributed by atoms with Crippen molar-refractivity contribution in [2.24, 2.45) is 11.8 Å². The summed E-state index contributed by atoms with van der Waals surface area (Å²) in [6.45, 7) is 6.02. The maximum atomic E-state index is 4.36. The van der Waals surface area contributed by atoms with Gasteiger partial charge >= 0.3 is 0 Å². The van der Waals surface area contributed by atoms with Gasteiger partial charge in [-0.25, -0.2) is 4.98 Å². The molecule has 0 amide bonds. The first-order chi connectivity index (χ1) is 7.42. The van der Waals surface area contributed by atoms with Crippen molar-refractivity contribution >= 4 is 23.7 Å². The van der Waals surface area contributed by atoms with E-state index >= 15 is 0 Å². The Bertz CT molecular complexity index is 317. The fourth-order valence-corrected chi connectivity index (χ4v) is 3.35. The summed E-state index contributed by atoms with van der Waals surface area (Å²) in [6.07, 6.45) is 1.36. The zero-order valence-electron chi connectivity index (χ0n) is 9.26. The van der Waals surface area contributed by atoms with E-state index in [0.717, 1.165) is 18.4 Å². The van der Waals surface area contributed by atoms with Crippen LogP contribution < -0.4 is 5.32 Å². The Morgan fingerprint density at radius 2 is 2.31 bits per heavy atom.